The molecule has 60 valence electrons. The number of aromatic hydroxyl groups is 1. The number of phenols is 1. The van der Waals surface area contributed by atoms with Crippen LogP contribution < -0.4 is 0 Å². The molecular weight excluding hydrogens is 160 g/mol. The Morgan fingerprint density at radius 3 is 2.75 bits per heavy atom. The minimum absolute atomic E-state index is 0.0933. The SMILES string of the molecule is N#Cc1cc([N+](=O)[O-])ccc1O. The van der Waals surface area contributed by atoms with E-state index in [1.165, 1.54) is 0 Å². The maximum Gasteiger partial charge on any atom is 0.271 e. The van der Waals surface area contributed by atoms with Crippen molar-refractivity contribution in [2.24, 2.45) is 0 Å². The number of nitro benzene ring substituents is 1. The van der Waals surface area contributed by atoms with Crippen LogP contribution in [0.5, 0.6) is 5.75 Å². The number of rotatable bonds is 1. The third-order valence-corrected chi connectivity index (χ3v) is 1.31. The second-order valence-corrected chi connectivity index (χ2v) is 2.07. The van der Waals surface area contributed by atoms with E-state index in [0.29, 0.717) is 0 Å². The number of non-ortho nitro benzene ring substituents is 1. The highest BCUT2D eigenvalue weighted by atomic mass is 16.6. The van der Waals surface area contributed by atoms with Gasteiger partial charge in [0.2, 0.25) is 0 Å². The van der Waals surface area contributed by atoms with Crippen molar-refractivity contribution >= 4 is 5.69 Å². The Hall–Kier alpha value is -2.09. The van der Waals surface area contributed by atoms with Crippen molar-refractivity contribution in [2.45, 2.75) is 0 Å². The van der Waals surface area contributed by atoms with E-state index in [2.05, 4.69) is 0 Å². The molecule has 0 saturated carbocycles. The minimum Gasteiger partial charge on any atom is -0.507 e. The minimum atomic E-state index is -0.625. The van der Waals surface area contributed by atoms with Crippen LogP contribution in [-0.4, -0.2) is 10.0 Å². The number of nitro groups is 1. The van der Waals surface area contributed by atoms with E-state index in [9.17, 15) is 10.1 Å². The molecule has 5 heteroatoms. The molecule has 0 bridgehead atoms. The summed E-state index contributed by atoms with van der Waals surface area (Å²) < 4.78 is 0. The van der Waals surface area contributed by atoms with Crippen LogP contribution in [0.25, 0.3) is 0 Å². The van der Waals surface area contributed by atoms with Gasteiger partial charge in [0.25, 0.3) is 5.69 Å². The highest BCUT2D eigenvalue weighted by molar-refractivity contribution is 5.49. The van der Waals surface area contributed by atoms with Gasteiger partial charge in [0.1, 0.15) is 17.4 Å². The molecule has 0 spiro atoms. The lowest BCUT2D eigenvalue weighted by atomic mass is 10.2. The van der Waals surface area contributed by atoms with Gasteiger partial charge < -0.3 is 5.11 Å². The number of nitrogens with zero attached hydrogens (tertiary/aromatic N) is 2. The van der Waals surface area contributed by atoms with Crippen LogP contribution in [0.4, 0.5) is 5.69 Å². The third-order valence-electron chi connectivity index (χ3n) is 1.31. The summed E-state index contributed by atoms with van der Waals surface area (Å²) in [7, 11) is 0. The lowest BCUT2D eigenvalue weighted by Crippen LogP contribution is -1.88. The summed E-state index contributed by atoms with van der Waals surface area (Å²) >= 11 is 0. The molecule has 0 fully saturated rings. The number of hydrogen-bond donors (Lipinski definition) is 1. The Morgan fingerprint density at radius 2 is 2.25 bits per heavy atom. The molecule has 0 aliphatic heterocycles. The Morgan fingerprint density at radius 1 is 1.58 bits per heavy atom. The summed E-state index contributed by atoms with van der Waals surface area (Å²) in [6.07, 6.45) is 0. The first-order valence-corrected chi connectivity index (χ1v) is 3.02. The first kappa shape index (κ1) is 8.01. The van der Waals surface area contributed by atoms with Gasteiger partial charge in [0.15, 0.2) is 0 Å². The van der Waals surface area contributed by atoms with Crippen molar-refractivity contribution in [3.05, 3.63) is 33.9 Å². The molecule has 0 atom stereocenters. The zero-order valence-corrected chi connectivity index (χ0v) is 5.89. The molecule has 1 aromatic carbocycles. The van der Waals surface area contributed by atoms with Crippen molar-refractivity contribution in [3.63, 3.8) is 0 Å². The van der Waals surface area contributed by atoms with Gasteiger partial charge in [-0.05, 0) is 6.07 Å². The fourth-order valence-electron chi connectivity index (χ4n) is 0.727. The molecule has 0 aromatic heterocycles. The molecular formula is C7H4N2O3. The lowest BCUT2D eigenvalue weighted by molar-refractivity contribution is -0.384. The Labute approximate surface area is 67.6 Å². The van der Waals surface area contributed by atoms with Gasteiger partial charge in [0.05, 0.1) is 4.92 Å². The number of hydrogen-bond acceptors (Lipinski definition) is 4. The quantitative estimate of drug-likeness (QED) is 0.498. The molecule has 0 aliphatic carbocycles. The van der Waals surface area contributed by atoms with Crippen LogP contribution in [0.1, 0.15) is 5.56 Å². The fourth-order valence-corrected chi connectivity index (χ4v) is 0.727. The number of nitriles is 1. The van der Waals surface area contributed by atoms with Crippen molar-refractivity contribution in [1.82, 2.24) is 0 Å². The monoisotopic (exact) mass is 164 g/mol. The highest BCUT2D eigenvalue weighted by Gasteiger charge is 2.08. The van der Waals surface area contributed by atoms with Crippen molar-refractivity contribution in [1.29, 1.82) is 5.26 Å². The third kappa shape index (κ3) is 1.32. The highest BCUT2D eigenvalue weighted by Crippen LogP contribution is 2.21. The maximum absolute atomic E-state index is 10.2. The van der Waals surface area contributed by atoms with Crippen LogP contribution in [0.2, 0.25) is 0 Å². The summed E-state index contributed by atoms with van der Waals surface area (Å²) in [6, 6.07) is 4.92. The fraction of sp³-hybridized carbons (Fsp3) is 0. The lowest BCUT2D eigenvalue weighted by Gasteiger charge is -1.94. The summed E-state index contributed by atoms with van der Waals surface area (Å²) in [6.45, 7) is 0. The van der Waals surface area contributed by atoms with Gasteiger partial charge in [0, 0.05) is 12.1 Å². The first-order valence-electron chi connectivity index (χ1n) is 3.02. The smallest absolute Gasteiger partial charge is 0.271 e. The molecule has 0 saturated heterocycles. The first-order chi connectivity index (χ1) is 5.65. The average Bonchev–Trinajstić information content (AvgIpc) is 2.05. The molecule has 1 aromatic rings. The van der Waals surface area contributed by atoms with E-state index in [0.717, 1.165) is 18.2 Å². The van der Waals surface area contributed by atoms with Crippen LogP contribution in [0.15, 0.2) is 18.2 Å². The predicted octanol–water partition coefficient (Wildman–Crippen LogP) is 1.17. The van der Waals surface area contributed by atoms with Crippen LogP contribution in [0.3, 0.4) is 0 Å². The van der Waals surface area contributed by atoms with Crippen molar-refractivity contribution in [2.75, 3.05) is 0 Å². The molecule has 0 aliphatic rings. The normalized spacial score (nSPS) is 8.92. The van der Waals surface area contributed by atoms with Gasteiger partial charge in [-0.25, -0.2) is 0 Å². The summed E-state index contributed by atoms with van der Waals surface area (Å²) in [5.41, 5.74) is -0.298. The van der Waals surface area contributed by atoms with E-state index in [4.69, 9.17) is 10.4 Å². The topological polar surface area (TPSA) is 87.2 Å². The Balaban J connectivity index is 3.25. The van der Waals surface area contributed by atoms with E-state index in [1.807, 2.05) is 0 Å². The Bertz CT molecular complexity index is 367. The molecule has 12 heavy (non-hydrogen) atoms. The standard InChI is InChI=1S/C7H4N2O3/c8-4-5-3-6(9(11)12)1-2-7(5)10/h1-3,10H. The molecule has 1 N–H and O–H groups in total. The summed E-state index contributed by atoms with van der Waals surface area (Å²) in [4.78, 5) is 9.57. The van der Waals surface area contributed by atoms with E-state index >= 15 is 0 Å². The van der Waals surface area contributed by atoms with E-state index in [1.54, 1.807) is 6.07 Å². The van der Waals surface area contributed by atoms with Crippen LogP contribution in [0, 0.1) is 21.4 Å². The largest absolute Gasteiger partial charge is 0.507 e. The number of phenolic OH excluding ortho intramolecular Hbond substituents is 1. The van der Waals surface area contributed by atoms with Crippen LogP contribution >= 0.6 is 0 Å². The van der Waals surface area contributed by atoms with Gasteiger partial charge in [-0.3, -0.25) is 10.1 Å². The summed E-state index contributed by atoms with van der Waals surface area (Å²) in [5.74, 6) is -0.247. The van der Waals surface area contributed by atoms with E-state index in [-0.39, 0.29) is 17.0 Å². The van der Waals surface area contributed by atoms with Gasteiger partial charge in [-0.15, -0.1) is 0 Å². The van der Waals surface area contributed by atoms with Gasteiger partial charge in [-0.1, -0.05) is 0 Å². The second-order valence-electron chi connectivity index (χ2n) is 2.07. The zero-order valence-electron chi connectivity index (χ0n) is 5.89. The second kappa shape index (κ2) is 2.88. The van der Waals surface area contributed by atoms with Crippen molar-refractivity contribution in [3.8, 4) is 11.8 Å². The molecule has 0 radical (unpaired) electrons. The molecule has 0 unspecified atom stereocenters. The zero-order chi connectivity index (χ0) is 9.14. The van der Waals surface area contributed by atoms with Gasteiger partial charge in [-0.2, -0.15) is 5.26 Å². The maximum atomic E-state index is 10.2. The summed E-state index contributed by atoms with van der Waals surface area (Å²) in [5, 5.41) is 27.6. The predicted molar refractivity (Wildman–Crippen MR) is 39.5 cm³/mol. The van der Waals surface area contributed by atoms with Crippen LogP contribution in [-0.2, 0) is 0 Å². The van der Waals surface area contributed by atoms with Gasteiger partial charge >= 0.3 is 0 Å². The average molecular weight is 164 g/mol. The molecule has 1 rings (SSSR count). The van der Waals surface area contributed by atoms with Crippen molar-refractivity contribution < 1.29 is 10.0 Å². The van der Waals surface area contributed by atoms with E-state index < -0.39 is 4.92 Å². The number of benzene rings is 1. The molecule has 0 amide bonds. The molecule has 0 heterocycles. The molecule has 5 nitrogen and oxygen atoms in total. The Kier molecular flexibility index (Phi) is 1.92.